The molecule has 1 aromatic carbocycles. The highest BCUT2D eigenvalue weighted by Gasteiger charge is 2.08. The van der Waals surface area contributed by atoms with E-state index in [9.17, 15) is 8.78 Å². The maximum Gasteiger partial charge on any atom is 0.168 e. The molecular weight excluding hydrogens is 280 g/mol. The van der Waals surface area contributed by atoms with Crippen LogP contribution in [0.25, 0.3) is 0 Å². The van der Waals surface area contributed by atoms with Crippen LogP contribution in [0.3, 0.4) is 0 Å². The summed E-state index contributed by atoms with van der Waals surface area (Å²) in [6.45, 7) is 0. The molecule has 82 valence electrons. The molecule has 0 fully saturated rings. The third kappa shape index (κ3) is 2.36. The van der Waals surface area contributed by atoms with Gasteiger partial charge in [0.1, 0.15) is 10.4 Å². The Labute approximate surface area is 99.0 Å². The van der Waals surface area contributed by atoms with Crippen molar-refractivity contribution >= 4 is 15.9 Å². The Hall–Kier alpha value is -1.49. The zero-order valence-electron chi connectivity index (χ0n) is 7.95. The molecule has 1 heterocycles. The number of hydrogen-bond acceptors (Lipinski definition) is 2. The minimum atomic E-state index is -0.754. The summed E-state index contributed by atoms with van der Waals surface area (Å²) in [6.07, 6.45) is 1.57. The molecule has 0 aliphatic carbocycles. The van der Waals surface area contributed by atoms with Crippen LogP contribution in [0.1, 0.15) is 0 Å². The first-order valence-electron chi connectivity index (χ1n) is 4.40. The van der Waals surface area contributed by atoms with Crippen LogP contribution in [0.4, 0.5) is 8.78 Å². The normalized spacial score (nSPS) is 10.2. The number of hydrogen-bond donors (Lipinski definition) is 0. The van der Waals surface area contributed by atoms with Crippen LogP contribution in [0.5, 0.6) is 11.5 Å². The number of benzene rings is 1. The highest BCUT2D eigenvalue weighted by Crippen LogP contribution is 2.29. The summed E-state index contributed by atoms with van der Waals surface area (Å²) < 4.78 is 31.6. The van der Waals surface area contributed by atoms with Gasteiger partial charge in [0, 0.05) is 12.3 Å². The Kier molecular flexibility index (Phi) is 3.14. The van der Waals surface area contributed by atoms with Crippen LogP contribution >= 0.6 is 15.9 Å². The number of pyridine rings is 1. The Morgan fingerprint density at radius 3 is 2.62 bits per heavy atom. The molecule has 0 spiro atoms. The summed E-state index contributed by atoms with van der Waals surface area (Å²) in [5, 5.41) is 0. The molecule has 2 nitrogen and oxygen atoms in total. The van der Waals surface area contributed by atoms with Crippen LogP contribution in [0.2, 0.25) is 0 Å². The molecule has 16 heavy (non-hydrogen) atoms. The van der Waals surface area contributed by atoms with E-state index in [1.165, 1.54) is 6.07 Å². The molecule has 2 rings (SSSR count). The van der Waals surface area contributed by atoms with Gasteiger partial charge in [0.25, 0.3) is 0 Å². The van der Waals surface area contributed by atoms with Gasteiger partial charge in [-0.2, -0.15) is 0 Å². The van der Waals surface area contributed by atoms with E-state index in [2.05, 4.69) is 20.9 Å². The summed E-state index contributed by atoms with van der Waals surface area (Å²) in [5.41, 5.74) is 0. The molecular formula is C11H6BrF2NO. The minimum absolute atomic E-state index is 0.0462. The van der Waals surface area contributed by atoms with E-state index in [0.717, 1.165) is 12.1 Å². The van der Waals surface area contributed by atoms with Crippen molar-refractivity contribution in [2.45, 2.75) is 0 Å². The standard InChI is InChI=1S/C11H6BrF2NO/c12-11-10(2-1-5-15-11)16-9-4-3-7(13)6-8(9)14/h1-6H. The van der Waals surface area contributed by atoms with E-state index >= 15 is 0 Å². The van der Waals surface area contributed by atoms with E-state index < -0.39 is 11.6 Å². The lowest BCUT2D eigenvalue weighted by Crippen LogP contribution is -1.91. The molecule has 0 bridgehead atoms. The SMILES string of the molecule is Fc1ccc(Oc2cccnc2Br)c(F)c1. The number of aromatic nitrogens is 1. The summed E-state index contributed by atoms with van der Waals surface area (Å²) in [7, 11) is 0. The minimum Gasteiger partial charge on any atom is -0.451 e. The zero-order valence-corrected chi connectivity index (χ0v) is 9.54. The van der Waals surface area contributed by atoms with Crippen molar-refractivity contribution < 1.29 is 13.5 Å². The molecule has 0 unspecified atom stereocenters. The molecule has 0 N–H and O–H groups in total. The quantitative estimate of drug-likeness (QED) is 0.781. The van der Waals surface area contributed by atoms with Crippen molar-refractivity contribution in [2.24, 2.45) is 0 Å². The van der Waals surface area contributed by atoms with Gasteiger partial charge >= 0.3 is 0 Å². The first-order valence-corrected chi connectivity index (χ1v) is 5.19. The van der Waals surface area contributed by atoms with Crippen molar-refractivity contribution in [1.82, 2.24) is 4.98 Å². The predicted octanol–water partition coefficient (Wildman–Crippen LogP) is 3.91. The van der Waals surface area contributed by atoms with Gasteiger partial charge < -0.3 is 4.74 Å². The molecule has 0 saturated heterocycles. The van der Waals surface area contributed by atoms with E-state index in [1.807, 2.05) is 0 Å². The van der Waals surface area contributed by atoms with Crippen molar-refractivity contribution in [1.29, 1.82) is 0 Å². The Bertz CT molecular complexity index is 519. The first kappa shape index (κ1) is 11.0. The average Bonchev–Trinajstić information content (AvgIpc) is 2.25. The molecule has 2 aromatic rings. The van der Waals surface area contributed by atoms with Crippen molar-refractivity contribution in [3.8, 4) is 11.5 Å². The summed E-state index contributed by atoms with van der Waals surface area (Å²) in [5.74, 6) is -1.08. The lowest BCUT2D eigenvalue weighted by molar-refractivity contribution is 0.433. The van der Waals surface area contributed by atoms with Crippen LogP contribution in [-0.4, -0.2) is 4.98 Å². The fraction of sp³-hybridized carbons (Fsp3) is 0. The van der Waals surface area contributed by atoms with E-state index in [-0.39, 0.29) is 5.75 Å². The van der Waals surface area contributed by atoms with Gasteiger partial charge in [0.2, 0.25) is 0 Å². The number of nitrogens with zero attached hydrogens (tertiary/aromatic N) is 1. The van der Waals surface area contributed by atoms with Crippen LogP contribution in [-0.2, 0) is 0 Å². The lowest BCUT2D eigenvalue weighted by Gasteiger charge is -2.07. The second kappa shape index (κ2) is 4.57. The van der Waals surface area contributed by atoms with Gasteiger partial charge in [0.15, 0.2) is 17.3 Å². The third-order valence-corrected chi connectivity index (χ3v) is 2.43. The number of ether oxygens (including phenoxy) is 1. The van der Waals surface area contributed by atoms with Gasteiger partial charge in [-0.25, -0.2) is 13.8 Å². The monoisotopic (exact) mass is 285 g/mol. The van der Waals surface area contributed by atoms with Crippen LogP contribution < -0.4 is 4.74 Å². The molecule has 0 saturated carbocycles. The van der Waals surface area contributed by atoms with Gasteiger partial charge in [0.05, 0.1) is 0 Å². The van der Waals surface area contributed by atoms with E-state index in [0.29, 0.717) is 10.4 Å². The molecule has 0 atom stereocenters. The largest absolute Gasteiger partial charge is 0.451 e. The predicted molar refractivity (Wildman–Crippen MR) is 58.4 cm³/mol. The first-order chi connectivity index (χ1) is 7.66. The maximum atomic E-state index is 13.3. The van der Waals surface area contributed by atoms with Gasteiger partial charge in [-0.1, -0.05) is 0 Å². The Balaban J connectivity index is 2.31. The number of halogens is 3. The summed E-state index contributed by atoms with van der Waals surface area (Å²) in [6, 6.07) is 6.40. The van der Waals surface area contributed by atoms with Crippen molar-refractivity contribution in [3.05, 3.63) is 52.8 Å². The van der Waals surface area contributed by atoms with Crippen molar-refractivity contribution in [2.75, 3.05) is 0 Å². The second-order valence-electron chi connectivity index (χ2n) is 2.97. The van der Waals surface area contributed by atoms with Gasteiger partial charge in [-0.3, -0.25) is 0 Å². The van der Waals surface area contributed by atoms with Crippen LogP contribution in [0, 0.1) is 11.6 Å². The van der Waals surface area contributed by atoms with E-state index in [4.69, 9.17) is 4.74 Å². The molecule has 0 aliphatic rings. The second-order valence-corrected chi connectivity index (χ2v) is 3.72. The smallest absolute Gasteiger partial charge is 0.168 e. The van der Waals surface area contributed by atoms with Crippen LogP contribution in [0.15, 0.2) is 41.1 Å². The molecule has 0 amide bonds. The molecule has 0 radical (unpaired) electrons. The Morgan fingerprint density at radius 1 is 1.12 bits per heavy atom. The van der Waals surface area contributed by atoms with Gasteiger partial charge in [-0.05, 0) is 40.2 Å². The highest BCUT2D eigenvalue weighted by atomic mass is 79.9. The zero-order chi connectivity index (χ0) is 11.5. The third-order valence-electron chi connectivity index (χ3n) is 1.84. The fourth-order valence-corrected chi connectivity index (χ4v) is 1.46. The lowest BCUT2D eigenvalue weighted by atomic mass is 10.3. The van der Waals surface area contributed by atoms with Crippen molar-refractivity contribution in [3.63, 3.8) is 0 Å². The molecule has 0 aliphatic heterocycles. The maximum absolute atomic E-state index is 13.3. The Morgan fingerprint density at radius 2 is 1.94 bits per heavy atom. The van der Waals surface area contributed by atoms with E-state index in [1.54, 1.807) is 18.3 Å². The molecule has 1 aromatic heterocycles. The summed E-state index contributed by atoms with van der Waals surface area (Å²) in [4.78, 5) is 3.92. The summed E-state index contributed by atoms with van der Waals surface area (Å²) >= 11 is 3.16. The van der Waals surface area contributed by atoms with Gasteiger partial charge in [-0.15, -0.1) is 0 Å². The topological polar surface area (TPSA) is 22.1 Å². The molecule has 5 heteroatoms. The average molecular weight is 286 g/mol. The number of rotatable bonds is 2. The highest BCUT2D eigenvalue weighted by molar-refractivity contribution is 9.10. The fourth-order valence-electron chi connectivity index (χ4n) is 1.12.